The van der Waals surface area contributed by atoms with Crippen molar-refractivity contribution >= 4 is 26.7 Å². The van der Waals surface area contributed by atoms with Gasteiger partial charge in [0.1, 0.15) is 5.75 Å². The Labute approximate surface area is 121 Å². The van der Waals surface area contributed by atoms with E-state index in [1.165, 1.54) is 29.2 Å². The van der Waals surface area contributed by atoms with Crippen LogP contribution in [0.15, 0.2) is 36.4 Å². The van der Waals surface area contributed by atoms with Crippen LogP contribution < -0.4 is 4.74 Å². The average molecular weight is 321 g/mol. The number of benzene rings is 2. The molecule has 1 aliphatic rings. The fourth-order valence-electron chi connectivity index (χ4n) is 2.19. The SMILES string of the molecule is BrCc1c(OCOCC2CC2)ccc2ccccc12. The lowest BCUT2D eigenvalue weighted by Crippen LogP contribution is -2.06. The molecule has 1 aliphatic carbocycles. The zero-order chi connectivity index (χ0) is 13.1. The predicted molar refractivity (Wildman–Crippen MR) is 80.8 cm³/mol. The molecule has 0 radical (unpaired) electrons. The van der Waals surface area contributed by atoms with Crippen LogP contribution in [0.2, 0.25) is 0 Å². The van der Waals surface area contributed by atoms with Crippen molar-refractivity contribution in [2.75, 3.05) is 13.4 Å². The maximum atomic E-state index is 5.76. The van der Waals surface area contributed by atoms with E-state index in [1.54, 1.807) is 0 Å². The van der Waals surface area contributed by atoms with Crippen molar-refractivity contribution in [2.24, 2.45) is 5.92 Å². The Morgan fingerprint density at radius 2 is 1.95 bits per heavy atom. The van der Waals surface area contributed by atoms with Crippen molar-refractivity contribution in [1.29, 1.82) is 0 Å². The zero-order valence-corrected chi connectivity index (χ0v) is 12.4. The van der Waals surface area contributed by atoms with Crippen LogP contribution in [0.5, 0.6) is 5.75 Å². The van der Waals surface area contributed by atoms with E-state index in [0.29, 0.717) is 6.79 Å². The van der Waals surface area contributed by atoms with E-state index in [9.17, 15) is 0 Å². The van der Waals surface area contributed by atoms with Crippen LogP contribution in [0.3, 0.4) is 0 Å². The Hall–Kier alpha value is -1.06. The van der Waals surface area contributed by atoms with Gasteiger partial charge in [0.15, 0.2) is 6.79 Å². The van der Waals surface area contributed by atoms with Crippen LogP contribution >= 0.6 is 15.9 Å². The first-order chi connectivity index (χ1) is 9.38. The second-order valence-electron chi connectivity index (χ2n) is 4.97. The summed E-state index contributed by atoms with van der Waals surface area (Å²) in [6, 6.07) is 12.5. The van der Waals surface area contributed by atoms with Crippen LogP contribution in [0, 0.1) is 5.92 Å². The summed E-state index contributed by atoms with van der Waals surface area (Å²) in [6.07, 6.45) is 2.62. The highest BCUT2D eigenvalue weighted by molar-refractivity contribution is 9.08. The van der Waals surface area contributed by atoms with Gasteiger partial charge in [-0.1, -0.05) is 46.3 Å². The molecule has 0 amide bonds. The first-order valence-corrected chi connectivity index (χ1v) is 7.78. The third-order valence-electron chi connectivity index (χ3n) is 3.48. The number of hydrogen-bond acceptors (Lipinski definition) is 2. The summed E-state index contributed by atoms with van der Waals surface area (Å²) in [5, 5.41) is 3.26. The minimum atomic E-state index is 0.342. The van der Waals surface area contributed by atoms with E-state index in [4.69, 9.17) is 9.47 Å². The van der Waals surface area contributed by atoms with Gasteiger partial charge in [0.2, 0.25) is 0 Å². The molecule has 2 aromatic rings. The molecule has 0 aliphatic heterocycles. The molecule has 2 nitrogen and oxygen atoms in total. The van der Waals surface area contributed by atoms with E-state index in [0.717, 1.165) is 23.6 Å². The van der Waals surface area contributed by atoms with Crippen molar-refractivity contribution in [3.63, 3.8) is 0 Å². The van der Waals surface area contributed by atoms with Gasteiger partial charge in [-0.2, -0.15) is 0 Å². The van der Waals surface area contributed by atoms with E-state index >= 15 is 0 Å². The molecule has 3 rings (SSSR count). The standard InChI is InChI=1S/C16H17BrO2/c17-9-15-14-4-2-1-3-13(14)7-8-16(15)19-11-18-10-12-5-6-12/h1-4,7-8,12H,5-6,9-11H2. The summed E-state index contributed by atoms with van der Waals surface area (Å²) < 4.78 is 11.3. The van der Waals surface area contributed by atoms with Crippen LogP contribution in [-0.4, -0.2) is 13.4 Å². The zero-order valence-electron chi connectivity index (χ0n) is 10.8. The Balaban J connectivity index is 1.73. The molecule has 1 fully saturated rings. The number of hydrogen-bond donors (Lipinski definition) is 0. The summed E-state index contributed by atoms with van der Waals surface area (Å²) >= 11 is 3.55. The number of fused-ring (bicyclic) bond motifs is 1. The van der Waals surface area contributed by atoms with Gasteiger partial charge in [-0.05, 0) is 35.6 Å². The number of halogens is 1. The highest BCUT2D eigenvalue weighted by atomic mass is 79.9. The first-order valence-electron chi connectivity index (χ1n) is 6.65. The lowest BCUT2D eigenvalue weighted by molar-refractivity contribution is 0.00968. The molecule has 19 heavy (non-hydrogen) atoms. The van der Waals surface area contributed by atoms with Crippen molar-refractivity contribution in [3.8, 4) is 5.75 Å². The summed E-state index contributed by atoms with van der Waals surface area (Å²) in [5.41, 5.74) is 1.19. The van der Waals surface area contributed by atoms with Crippen LogP contribution in [-0.2, 0) is 10.1 Å². The quantitative estimate of drug-likeness (QED) is 0.443. The molecule has 0 saturated heterocycles. The van der Waals surface area contributed by atoms with Crippen molar-refractivity contribution in [3.05, 3.63) is 42.0 Å². The third kappa shape index (κ3) is 3.10. The van der Waals surface area contributed by atoms with Gasteiger partial charge in [-0.15, -0.1) is 0 Å². The van der Waals surface area contributed by atoms with Crippen molar-refractivity contribution in [2.45, 2.75) is 18.2 Å². The Morgan fingerprint density at radius 1 is 1.11 bits per heavy atom. The first kappa shape index (κ1) is 12.9. The maximum Gasteiger partial charge on any atom is 0.189 e. The van der Waals surface area contributed by atoms with E-state index in [-0.39, 0.29) is 0 Å². The predicted octanol–water partition coefficient (Wildman–Crippen LogP) is 4.50. The number of rotatable bonds is 6. The lowest BCUT2D eigenvalue weighted by Gasteiger charge is -2.12. The second kappa shape index (κ2) is 5.93. The molecule has 100 valence electrons. The summed E-state index contributed by atoms with van der Waals surface area (Å²) in [7, 11) is 0. The number of alkyl halides is 1. The van der Waals surface area contributed by atoms with Gasteiger partial charge in [0.05, 0.1) is 6.61 Å². The molecule has 0 spiro atoms. The Kier molecular flexibility index (Phi) is 4.04. The Morgan fingerprint density at radius 3 is 2.74 bits per heavy atom. The summed E-state index contributed by atoms with van der Waals surface area (Å²) in [5.74, 6) is 1.68. The Bertz CT molecular complexity index is 564. The van der Waals surface area contributed by atoms with Gasteiger partial charge in [-0.25, -0.2) is 0 Å². The van der Waals surface area contributed by atoms with Gasteiger partial charge in [0.25, 0.3) is 0 Å². The summed E-state index contributed by atoms with van der Waals surface area (Å²) in [6.45, 7) is 1.17. The second-order valence-corrected chi connectivity index (χ2v) is 5.53. The minimum absolute atomic E-state index is 0.342. The van der Waals surface area contributed by atoms with E-state index in [2.05, 4.69) is 46.3 Å². The largest absolute Gasteiger partial charge is 0.467 e. The third-order valence-corrected chi connectivity index (χ3v) is 4.04. The molecular weight excluding hydrogens is 304 g/mol. The van der Waals surface area contributed by atoms with Crippen LogP contribution in [0.1, 0.15) is 18.4 Å². The highest BCUT2D eigenvalue weighted by Crippen LogP contribution is 2.31. The summed E-state index contributed by atoms with van der Waals surface area (Å²) in [4.78, 5) is 0. The fraction of sp³-hybridized carbons (Fsp3) is 0.375. The van der Waals surface area contributed by atoms with Gasteiger partial charge < -0.3 is 9.47 Å². The van der Waals surface area contributed by atoms with Crippen LogP contribution in [0.4, 0.5) is 0 Å². The molecule has 0 unspecified atom stereocenters. The topological polar surface area (TPSA) is 18.5 Å². The molecule has 0 bridgehead atoms. The average Bonchev–Trinajstić information content (AvgIpc) is 3.27. The highest BCUT2D eigenvalue weighted by Gasteiger charge is 2.21. The van der Waals surface area contributed by atoms with Gasteiger partial charge in [0, 0.05) is 10.9 Å². The fourth-order valence-corrected chi connectivity index (χ4v) is 2.77. The van der Waals surface area contributed by atoms with Gasteiger partial charge in [-0.3, -0.25) is 0 Å². The maximum absolute atomic E-state index is 5.76. The van der Waals surface area contributed by atoms with E-state index in [1.807, 2.05) is 6.07 Å². The van der Waals surface area contributed by atoms with Crippen LogP contribution in [0.25, 0.3) is 10.8 Å². The molecule has 3 heteroatoms. The van der Waals surface area contributed by atoms with Crippen molar-refractivity contribution in [1.82, 2.24) is 0 Å². The van der Waals surface area contributed by atoms with Gasteiger partial charge >= 0.3 is 0 Å². The van der Waals surface area contributed by atoms with Crippen molar-refractivity contribution < 1.29 is 9.47 Å². The molecule has 0 atom stereocenters. The molecule has 0 N–H and O–H groups in total. The molecule has 0 heterocycles. The molecule has 2 aromatic carbocycles. The molecule has 1 saturated carbocycles. The smallest absolute Gasteiger partial charge is 0.189 e. The number of ether oxygens (including phenoxy) is 2. The minimum Gasteiger partial charge on any atom is -0.467 e. The normalized spacial score (nSPS) is 14.8. The molecular formula is C16H17BrO2. The van der Waals surface area contributed by atoms with E-state index < -0.39 is 0 Å². The lowest BCUT2D eigenvalue weighted by atomic mass is 10.0. The monoisotopic (exact) mass is 320 g/mol. The molecule has 0 aromatic heterocycles.